The fourth-order valence-corrected chi connectivity index (χ4v) is 8.28. The van der Waals surface area contributed by atoms with Crippen LogP contribution in [0.15, 0.2) is 0 Å². The van der Waals surface area contributed by atoms with Crippen LogP contribution in [0, 0.1) is 23.2 Å². The second-order valence-corrected chi connectivity index (χ2v) is 16.1. The van der Waals surface area contributed by atoms with E-state index in [2.05, 4.69) is 41.5 Å². The van der Waals surface area contributed by atoms with E-state index in [4.69, 9.17) is 0 Å². The Labute approximate surface area is 298 Å². The van der Waals surface area contributed by atoms with Crippen LogP contribution in [0.2, 0.25) is 0 Å². The van der Waals surface area contributed by atoms with Gasteiger partial charge in [0.2, 0.25) is 0 Å². The third kappa shape index (κ3) is 26.0. The van der Waals surface area contributed by atoms with E-state index in [0.29, 0.717) is 5.92 Å². The molecule has 2 atom stereocenters. The third-order valence-corrected chi connectivity index (χ3v) is 11.4. The number of hydrogen-bond donors (Lipinski definition) is 1. The van der Waals surface area contributed by atoms with Crippen LogP contribution >= 0.6 is 0 Å². The Morgan fingerprint density at radius 3 is 0.936 bits per heavy atom. The smallest absolute Gasteiger partial charge is 0.0481 e. The highest BCUT2D eigenvalue weighted by molar-refractivity contribution is 5.73. The van der Waals surface area contributed by atoms with Gasteiger partial charge in [-0.15, -0.1) is 0 Å². The summed E-state index contributed by atoms with van der Waals surface area (Å²) in [4.78, 5) is 12.8. The molecule has 0 amide bonds. The van der Waals surface area contributed by atoms with Gasteiger partial charge in [-0.2, -0.15) is 0 Å². The highest BCUT2D eigenvalue weighted by Crippen LogP contribution is 2.46. The van der Waals surface area contributed by atoms with Crippen LogP contribution in [0.3, 0.4) is 0 Å². The molecule has 0 radical (unpaired) electrons. The van der Waals surface area contributed by atoms with Crippen molar-refractivity contribution < 1.29 is 9.90 Å². The van der Waals surface area contributed by atoms with Gasteiger partial charge in [0.15, 0.2) is 0 Å². The maximum atomic E-state index is 12.8. The minimum absolute atomic E-state index is 0. The predicted molar refractivity (Wildman–Crippen MR) is 210 cm³/mol. The maximum Gasteiger partial charge on any atom is 0.0481 e. The average Bonchev–Trinajstić information content (AvgIpc) is 3.02. The van der Waals surface area contributed by atoms with Crippen molar-refractivity contribution >= 4 is 5.97 Å². The van der Waals surface area contributed by atoms with Crippen molar-refractivity contribution in [3.8, 4) is 0 Å². The van der Waals surface area contributed by atoms with Gasteiger partial charge in [0.05, 0.1) is 0 Å². The summed E-state index contributed by atoms with van der Waals surface area (Å²) >= 11 is 0. The van der Waals surface area contributed by atoms with Gasteiger partial charge in [-0.3, -0.25) is 0 Å². The van der Waals surface area contributed by atoms with Gasteiger partial charge in [-0.05, 0) is 30.6 Å². The second kappa shape index (κ2) is 35.3. The van der Waals surface area contributed by atoms with Gasteiger partial charge >= 0.3 is 0 Å². The van der Waals surface area contributed by atoms with E-state index in [1.807, 2.05) is 0 Å². The molecule has 3 heteroatoms. The number of carboxylic acids is 1. The number of hydrogen-bond acceptors (Lipinski definition) is 2. The number of rotatable bonds is 37. The summed E-state index contributed by atoms with van der Waals surface area (Å²) < 4.78 is 0. The van der Waals surface area contributed by atoms with Crippen LogP contribution < -0.4 is 11.3 Å². The molecule has 0 rings (SSSR count). The number of carboxylic acid groups (broad SMARTS) is 1. The first-order valence-corrected chi connectivity index (χ1v) is 21.6. The molecule has 3 nitrogen and oxygen atoms in total. The highest BCUT2D eigenvalue weighted by atomic mass is 16.4. The van der Waals surface area contributed by atoms with Crippen molar-refractivity contribution in [1.29, 1.82) is 0 Å². The molecular weight excluding hydrogens is 574 g/mol. The van der Waals surface area contributed by atoms with Crippen LogP contribution in [-0.4, -0.2) is 5.97 Å². The largest absolute Gasteiger partial charge is 0.550 e. The summed E-state index contributed by atoms with van der Waals surface area (Å²) in [5.74, 6) is -0.0512. The highest BCUT2D eigenvalue weighted by Gasteiger charge is 2.43. The Morgan fingerprint density at radius 1 is 0.447 bits per heavy atom. The predicted octanol–water partition coefficient (Wildman–Crippen LogP) is 14.9. The Kier molecular flexibility index (Phi) is 36.4. The summed E-state index contributed by atoms with van der Waals surface area (Å²) in [5, 5.41) is 12.8. The molecule has 0 spiro atoms. The summed E-state index contributed by atoms with van der Waals surface area (Å²) in [6, 6.07) is 0. The van der Waals surface area contributed by atoms with Gasteiger partial charge in [0.25, 0.3) is 0 Å². The molecule has 0 saturated carbocycles. The van der Waals surface area contributed by atoms with E-state index >= 15 is 0 Å². The molecule has 0 saturated heterocycles. The molecule has 0 heterocycles. The molecule has 4 N–H and O–H groups in total. The first-order chi connectivity index (χ1) is 22.3. The fraction of sp³-hybridized carbons (Fsp3) is 0.977. The van der Waals surface area contributed by atoms with E-state index in [1.165, 1.54) is 193 Å². The van der Waals surface area contributed by atoms with Crippen LogP contribution in [0.5, 0.6) is 0 Å². The molecule has 0 fully saturated rings. The van der Waals surface area contributed by atoms with Crippen molar-refractivity contribution in [2.75, 3.05) is 0 Å². The lowest BCUT2D eigenvalue weighted by Crippen LogP contribution is -2.52. The van der Waals surface area contributed by atoms with Gasteiger partial charge in [-0.1, -0.05) is 241 Å². The Bertz CT molecular complexity index is 632. The first-order valence-electron chi connectivity index (χ1n) is 21.6. The van der Waals surface area contributed by atoms with E-state index in [9.17, 15) is 9.90 Å². The minimum Gasteiger partial charge on any atom is -0.550 e. The maximum absolute atomic E-state index is 12.8. The monoisotopic (exact) mass is 666 g/mol. The van der Waals surface area contributed by atoms with Crippen molar-refractivity contribution in [3.63, 3.8) is 0 Å². The Balaban J connectivity index is 0. The molecule has 0 aliphatic carbocycles. The lowest BCUT2D eigenvalue weighted by atomic mass is 9.60. The molecular formula is C44H91NO2. The standard InChI is InChI=1S/C44H88O2.H3N/c1-7-9-11-13-15-17-19-21-22-23-24-25-27-29-31-33-35-37-39-44(41(5)6,43(45)46)42(40(3)4)38-36-34-32-30-28-26-20-18-16-14-12-10-8-2;/h40-42H,7-39H2,1-6H3,(H,45,46);1H3. The van der Waals surface area contributed by atoms with Gasteiger partial charge in [0.1, 0.15) is 0 Å². The number of carbonyl (C=O) groups is 1. The van der Waals surface area contributed by atoms with Gasteiger partial charge in [0, 0.05) is 11.4 Å². The molecule has 284 valence electrons. The number of aliphatic carboxylic acids is 1. The molecule has 0 aromatic carbocycles. The van der Waals surface area contributed by atoms with Crippen LogP contribution in [-0.2, 0) is 4.79 Å². The number of carbonyl (C=O) groups excluding carboxylic acids is 1. The molecule has 2 unspecified atom stereocenters. The van der Waals surface area contributed by atoms with Gasteiger partial charge < -0.3 is 16.1 Å². The summed E-state index contributed by atoms with van der Waals surface area (Å²) in [5.41, 5.74) is -0.680. The molecule has 0 bridgehead atoms. The van der Waals surface area contributed by atoms with Crippen molar-refractivity contribution in [3.05, 3.63) is 0 Å². The normalized spacial score (nSPS) is 13.6. The number of quaternary nitrogens is 1. The van der Waals surface area contributed by atoms with Gasteiger partial charge in [-0.25, -0.2) is 0 Å². The van der Waals surface area contributed by atoms with E-state index in [0.717, 1.165) is 19.3 Å². The van der Waals surface area contributed by atoms with Crippen LogP contribution in [0.4, 0.5) is 0 Å². The lowest BCUT2D eigenvalue weighted by Gasteiger charge is -2.47. The molecule has 0 aromatic rings. The zero-order valence-electron chi connectivity index (χ0n) is 33.9. The molecule has 0 aliphatic rings. The Morgan fingerprint density at radius 2 is 0.702 bits per heavy atom. The number of unbranched alkanes of at least 4 members (excludes halogenated alkanes) is 29. The van der Waals surface area contributed by atoms with Crippen molar-refractivity contribution in [2.45, 2.75) is 253 Å². The van der Waals surface area contributed by atoms with E-state index in [-0.39, 0.29) is 18.0 Å². The van der Waals surface area contributed by atoms with Crippen LogP contribution in [0.25, 0.3) is 0 Å². The molecule has 47 heavy (non-hydrogen) atoms. The zero-order valence-corrected chi connectivity index (χ0v) is 33.9. The summed E-state index contributed by atoms with van der Waals surface area (Å²) in [7, 11) is 0. The van der Waals surface area contributed by atoms with E-state index < -0.39 is 11.4 Å². The van der Waals surface area contributed by atoms with Crippen LogP contribution in [0.1, 0.15) is 253 Å². The SMILES string of the molecule is CCCCCCCCCCCCCCCCCCCCC(C(=O)[O-])(C(C)C)C(CCCCCCCCCCCCCCC)C(C)C.[NH4+]. The quantitative estimate of drug-likeness (QED) is 0.0670. The topological polar surface area (TPSA) is 76.6 Å². The first kappa shape index (κ1) is 48.5. The summed E-state index contributed by atoms with van der Waals surface area (Å²) in [6.07, 6.45) is 44.1. The molecule has 0 aromatic heterocycles. The second-order valence-electron chi connectivity index (χ2n) is 16.1. The molecule has 0 aliphatic heterocycles. The summed E-state index contributed by atoms with van der Waals surface area (Å²) in [6.45, 7) is 13.4. The van der Waals surface area contributed by atoms with E-state index in [1.54, 1.807) is 0 Å². The lowest BCUT2D eigenvalue weighted by molar-refractivity contribution is -0.327. The Hall–Kier alpha value is -0.570. The third-order valence-electron chi connectivity index (χ3n) is 11.4. The zero-order chi connectivity index (χ0) is 34.1. The van der Waals surface area contributed by atoms with Crippen molar-refractivity contribution in [2.24, 2.45) is 23.2 Å². The fourth-order valence-electron chi connectivity index (χ4n) is 8.28. The van der Waals surface area contributed by atoms with Crippen molar-refractivity contribution in [1.82, 2.24) is 6.15 Å². The minimum atomic E-state index is -0.775. The average molecular weight is 666 g/mol.